The molecule has 0 saturated carbocycles. The lowest BCUT2D eigenvalue weighted by atomic mass is 9.96. The molecule has 17 heavy (non-hydrogen) atoms. The normalized spacial score (nSPS) is 12.5. The molecule has 1 aromatic carbocycles. The highest BCUT2D eigenvalue weighted by Crippen LogP contribution is 2.25. The van der Waals surface area contributed by atoms with Gasteiger partial charge in [0.25, 0.3) is 0 Å². The van der Waals surface area contributed by atoms with Crippen molar-refractivity contribution in [2.24, 2.45) is 11.8 Å². The summed E-state index contributed by atoms with van der Waals surface area (Å²) in [5.74, 6) is 0.483. The zero-order chi connectivity index (χ0) is 13.0. The van der Waals surface area contributed by atoms with Crippen LogP contribution >= 0.6 is 0 Å². The number of rotatable bonds is 4. The fourth-order valence-electron chi connectivity index (χ4n) is 1.71. The number of carbonyl (C=O) groups excluding carboxylic acids is 1. The highest BCUT2D eigenvalue weighted by Gasteiger charge is 2.23. The van der Waals surface area contributed by atoms with E-state index in [1.165, 1.54) is 0 Å². The maximum atomic E-state index is 12.3. The van der Waals surface area contributed by atoms with E-state index in [1.807, 2.05) is 38.1 Å². The fourth-order valence-corrected chi connectivity index (χ4v) is 1.71. The van der Waals surface area contributed by atoms with Crippen LogP contribution in [0.25, 0.3) is 0 Å². The number of nitrogens with zero attached hydrogens (tertiary/aromatic N) is 1. The van der Waals surface area contributed by atoms with E-state index in [1.54, 1.807) is 4.90 Å². The van der Waals surface area contributed by atoms with E-state index in [-0.39, 0.29) is 11.8 Å². The van der Waals surface area contributed by atoms with Gasteiger partial charge in [-0.25, -0.2) is 0 Å². The van der Waals surface area contributed by atoms with Crippen LogP contribution in [0, 0.1) is 11.8 Å². The molecule has 2 N–H and O–H groups in total. The summed E-state index contributed by atoms with van der Waals surface area (Å²) in [4.78, 5) is 14.1. The molecule has 1 rings (SSSR count). The van der Waals surface area contributed by atoms with Crippen molar-refractivity contribution in [1.29, 1.82) is 0 Å². The average Bonchev–Trinajstić information content (AvgIpc) is 2.31. The molecule has 0 fully saturated rings. The molecule has 0 aliphatic carbocycles. The molecule has 0 heterocycles. The fraction of sp³-hybridized carbons (Fsp3) is 0.500. The molecular formula is C14H22N2O. The maximum Gasteiger partial charge on any atom is 0.230 e. The van der Waals surface area contributed by atoms with Gasteiger partial charge in [0.05, 0.1) is 11.4 Å². The molecule has 1 atom stereocenters. The Morgan fingerprint density at radius 3 is 2.35 bits per heavy atom. The van der Waals surface area contributed by atoms with Crippen molar-refractivity contribution in [2.45, 2.75) is 27.7 Å². The van der Waals surface area contributed by atoms with Crippen LogP contribution in [0.15, 0.2) is 24.3 Å². The Labute approximate surface area is 104 Å². The third kappa shape index (κ3) is 2.99. The summed E-state index contributed by atoms with van der Waals surface area (Å²) in [6.07, 6.45) is 0. The van der Waals surface area contributed by atoms with Gasteiger partial charge in [-0.15, -0.1) is 0 Å². The summed E-state index contributed by atoms with van der Waals surface area (Å²) in [6, 6.07) is 7.50. The second-order valence-electron chi connectivity index (χ2n) is 4.67. The molecule has 0 radical (unpaired) electrons. The second-order valence-corrected chi connectivity index (χ2v) is 4.67. The van der Waals surface area contributed by atoms with Gasteiger partial charge in [-0.2, -0.15) is 0 Å². The summed E-state index contributed by atoms with van der Waals surface area (Å²) in [5.41, 5.74) is 7.38. The predicted molar refractivity (Wildman–Crippen MR) is 72.9 cm³/mol. The van der Waals surface area contributed by atoms with Gasteiger partial charge in [0.1, 0.15) is 0 Å². The number of hydrogen-bond acceptors (Lipinski definition) is 2. The Balaban J connectivity index is 3.00. The number of hydrogen-bond donors (Lipinski definition) is 1. The van der Waals surface area contributed by atoms with Gasteiger partial charge in [-0.3, -0.25) is 4.79 Å². The van der Waals surface area contributed by atoms with E-state index in [0.717, 1.165) is 5.69 Å². The van der Waals surface area contributed by atoms with Crippen molar-refractivity contribution in [3.8, 4) is 0 Å². The van der Waals surface area contributed by atoms with Crippen LogP contribution < -0.4 is 10.6 Å². The molecular weight excluding hydrogens is 212 g/mol. The summed E-state index contributed by atoms with van der Waals surface area (Å²) < 4.78 is 0. The first kappa shape index (κ1) is 13.6. The highest BCUT2D eigenvalue weighted by molar-refractivity contribution is 5.97. The van der Waals surface area contributed by atoms with Crippen LogP contribution in [0.4, 0.5) is 11.4 Å². The third-order valence-corrected chi connectivity index (χ3v) is 3.20. The standard InChI is InChI=1S/C14H22N2O/c1-5-16(14(17)11(4)10(2)3)13-9-7-6-8-12(13)15/h6-11H,5,15H2,1-4H3. The topological polar surface area (TPSA) is 46.3 Å². The molecule has 1 unspecified atom stereocenters. The van der Waals surface area contributed by atoms with E-state index in [9.17, 15) is 4.79 Å². The van der Waals surface area contributed by atoms with Crippen molar-refractivity contribution in [3.05, 3.63) is 24.3 Å². The number of nitrogens with two attached hydrogens (primary N) is 1. The van der Waals surface area contributed by atoms with Gasteiger partial charge >= 0.3 is 0 Å². The Kier molecular flexibility index (Phi) is 4.55. The number of para-hydroxylation sites is 2. The smallest absolute Gasteiger partial charge is 0.230 e. The van der Waals surface area contributed by atoms with Gasteiger partial charge in [-0.1, -0.05) is 32.9 Å². The SMILES string of the molecule is CCN(C(=O)C(C)C(C)C)c1ccccc1N. The second kappa shape index (κ2) is 5.71. The van der Waals surface area contributed by atoms with Crippen molar-refractivity contribution >= 4 is 17.3 Å². The molecule has 0 aliphatic rings. The largest absolute Gasteiger partial charge is 0.397 e. The first-order valence-corrected chi connectivity index (χ1v) is 6.14. The average molecular weight is 234 g/mol. The molecule has 94 valence electrons. The molecule has 1 amide bonds. The van der Waals surface area contributed by atoms with Crippen LogP contribution in [0.3, 0.4) is 0 Å². The molecule has 0 aliphatic heterocycles. The van der Waals surface area contributed by atoms with Crippen molar-refractivity contribution in [2.75, 3.05) is 17.2 Å². The quantitative estimate of drug-likeness (QED) is 0.814. The Bertz CT molecular complexity index is 388. The lowest BCUT2D eigenvalue weighted by Gasteiger charge is -2.27. The minimum absolute atomic E-state index is 0.00885. The zero-order valence-electron chi connectivity index (χ0n) is 11.1. The van der Waals surface area contributed by atoms with Gasteiger partial charge in [-0.05, 0) is 25.0 Å². The predicted octanol–water partition coefficient (Wildman–Crippen LogP) is 2.91. The molecule has 1 aromatic rings. The van der Waals surface area contributed by atoms with E-state index in [0.29, 0.717) is 18.2 Å². The van der Waals surface area contributed by atoms with E-state index in [4.69, 9.17) is 5.73 Å². The summed E-state index contributed by atoms with van der Waals surface area (Å²) in [5, 5.41) is 0. The van der Waals surface area contributed by atoms with Crippen LogP contribution in [0.2, 0.25) is 0 Å². The summed E-state index contributed by atoms with van der Waals surface area (Å²) >= 11 is 0. The number of anilines is 2. The maximum absolute atomic E-state index is 12.3. The number of nitrogen functional groups attached to an aromatic ring is 1. The minimum Gasteiger partial charge on any atom is -0.397 e. The minimum atomic E-state index is 0.00885. The van der Waals surface area contributed by atoms with Crippen LogP contribution in [0.1, 0.15) is 27.7 Å². The zero-order valence-corrected chi connectivity index (χ0v) is 11.1. The Morgan fingerprint density at radius 2 is 1.88 bits per heavy atom. The monoisotopic (exact) mass is 234 g/mol. The number of benzene rings is 1. The highest BCUT2D eigenvalue weighted by atomic mass is 16.2. The van der Waals surface area contributed by atoms with Crippen LogP contribution in [-0.4, -0.2) is 12.5 Å². The summed E-state index contributed by atoms with van der Waals surface area (Å²) in [6.45, 7) is 8.70. The first-order chi connectivity index (χ1) is 7.99. The third-order valence-electron chi connectivity index (χ3n) is 3.20. The van der Waals surface area contributed by atoms with E-state index >= 15 is 0 Å². The molecule has 0 saturated heterocycles. The van der Waals surface area contributed by atoms with Gasteiger partial charge < -0.3 is 10.6 Å². The number of carbonyl (C=O) groups is 1. The van der Waals surface area contributed by atoms with Gasteiger partial charge in [0.2, 0.25) is 5.91 Å². The van der Waals surface area contributed by atoms with Crippen molar-refractivity contribution in [3.63, 3.8) is 0 Å². The van der Waals surface area contributed by atoms with Crippen LogP contribution in [0.5, 0.6) is 0 Å². The Hall–Kier alpha value is -1.51. The first-order valence-electron chi connectivity index (χ1n) is 6.14. The molecule has 0 aromatic heterocycles. The molecule has 3 nitrogen and oxygen atoms in total. The lowest BCUT2D eigenvalue weighted by molar-refractivity contribution is -0.123. The van der Waals surface area contributed by atoms with Crippen LogP contribution in [-0.2, 0) is 4.79 Å². The van der Waals surface area contributed by atoms with Crippen molar-refractivity contribution in [1.82, 2.24) is 0 Å². The molecule has 0 bridgehead atoms. The lowest BCUT2D eigenvalue weighted by Crippen LogP contribution is -2.37. The van der Waals surface area contributed by atoms with E-state index < -0.39 is 0 Å². The number of amides is 1. The summed E-state index contributed by atoms with van der Waals surface area (Å²) in [7, 11) is 0. The van der Waals surface area contributed by atoms with Gasteiger partial charge in [0, 0.05) is 12.5 Å². The van der Waals surface area contributed by atoms with Crippen molar-refractivity contribution < 1.29 is 4.79 Å². The molecule has 3 heteroatoms. The molecule has 0 spiro atoms. The van der Waals surface area contributed by atoms with E-state index in [2.05, 4.69) is 13.8 Å². The Morgan fingerprint density at radius 1 is 1.29 bits per heavy atom. The van der Waals surface area contributed by atoms with Gasteiger partial charge in [0.15, 0.2) is 0 Å².